The largest absolute Gasteiger partial charge is 0.494 e. The molecule has 1 aliphatic heterocycles. The van der Waals surface area contributed by atoms with Crippen LogP contribution in [0.25, 0.3) is 44.8 Å². The van der Waals surface area contributed by atoms with Crippen LogP contribution in [0, 0.1) is 29.1 Å². The van der Waals surface area contributed by atoms with Crippen molar-refractivity contribution in [3.05, 3.63) is 65.2 Å². The first-order chi connectivity index (χ1) is 21.9. The van der Waals surface area contributed by atoms with Crippen molar-refractivity contribution in [1.82, 2.24) is 24.0 Å². The van der Waals surface area contributed by atoms with Crippen LogP contribution in [0.1, 0.15) is 54.1 Å². The number of methoxy groups -OCH3 is 1. The van der Waals surface area contributed by atoms with Gasteiger partial charge in [0.05, 0.1) is 42.3 Å². The van der Waals surface area contributed by atoms with Crippen LogP contribution in [0.4, 0.5) is 0 Å². The maximum absolute atomic E-state index is 13.8. The molecule has 3 atom stereocenters. The molecule has 3 aliphatic rings. The molecule has 2 aliphatic carbocycles. The van der Waals surface area contributed by atoms with E-state index in [0.717, 1.165) is 64.4 Å². The number of aliphatic hydroxyl groups excluding tert-OH is 1. The first kappa shape index (κ1) is 27.8. The molecule has 1 N–H and O–H groups in total. The van der Waals surface area contributed by atoms with Gasteiger partial charge in [0, 0.05) is 42.7 Å². The summed E-state index contributed by atoms with van der Waals surface area (Å²) in [6.45, 7) is 3.79. The van der Waals surface area contributed by atoms with Gasteiger partial charge in [-0.15, -0.1) is 0 Å². The van der Waals surface area contributed by atoms with E-state index in [0.29, 0.717) is 46.2 Å². The zero-order valence-electron chi connectivity index (χ0n) is 25.8. The third-order valence-electron chi connectivity index (χ3n) is 10.4. The van der Waals surface area contributed by atoms with Crippen LogP contribution < -0.4 is 4.74 Å². The van der Waals surface area contributed by atoms with Crippen molar-refractivity contribution >= 4 is 28.0 Å². The number of aromatic nitrogens is 4. The highest BCUT2D eigenvalue weighted by atomic mass is 16.5. The van der Waals surface area contributed by atoms with Crippen LogP contribution in [0.3, 0.4) is 0 Å². The standard InChI is InChI=1S/C36H36N6O3/c1-20-25-7-9-30(20)42(18-25)36(44)27-13-29-33(32(15-27)45-3)40(2)35(39-29)31-14-24-6-8-28(38-34(24)41(31)17-21-4-5-21)26-11-22(16-37)10-23(12-26)19-43/h6,8,10-15,20-21,25,30,43H,4-5,7,9,17-19H2,1-3H3/t20-,25?,30?/m1/s1. The Kier molecular flexibility index (Phi) is 6.47. The lowest BCUT2D eigenvalue weighted by molar-refractivity contribution is 0.0696. The molecular formula is C36H36N6O3. The zero-order chi connectivity index (χ0) is 31.0. The van der Waals surface area contributed by atoms with E-state index in [1.807, 2.05) is 37.4 Å². The number of carbonyl (C=O) groups excluding carboxylic acids is 1. The summed E-state index contributed by atoms with van der Waals surface area (Å²) in [6.07, 6.45) is 4.66. The quantitative estimate of drug-likeness (QED) is 0.249. The molecule has 1 saturated heterocycles. The van der Waals surface area contributed by atoms with E-state index in [-0.39, 0.29) is 12.5 Å². The van der Waals surface area contributed by atoms with Gasteiger partial charge >= 0.3 is 0 Å². The summed E-state index contributed by atoms with van der Waals surface area (Å²) in [4.78, 5) is 26.1. The molecule has 3 fully saturated rings. The van der Waals surface area contributed by atoms with Crippen molar-refractivity contribution in [2.45, 2.75) is 51.8 Å². The molecule has 4 heterocycles. The highest BCUT2D eigenvalue weighted by Gasteiger charge is 2.46. The average Bonchev–Trinajstić information content (AvgIpc) is 3.47. The molecule has 45 heavy (non-hydrogen) atoms. The number of aliphatic hydroxyl groups is 1. The van der Waals surface area contributed by atoms with Gasteiger partial charge in [0.1, 0.15) is 16.9 Å². The van der Waals surface area contributed by atoms with Crippen molar-refractivity contribution < 1.29 is 14.6 Å². The fourth-order valence-electron chi connectivity index (χ4n) is 7.74. The highest BCUT2D eigenvalue weighted by molar-refractivity contribution is 6.00. The number of hydrogen-bond acceptors (Lipinski definition) is 6. The normalized spacial score (nSPS) is 20.8. The minimum absolute atomic E-state index is 0.0610. The van der Waals surface area contributed by atoms with Crippen molar-refractivity contribution in [3.63, 3.8) is 0 Å². The number of carbonyl (C=O) groups is 1. The van der Waals surface area contributed by atoms with Crippen LogP contribution in [-0.4, -0.2) is 54.7 Å². The number of fused-ring (bicyclic) bond motifs is 4. The number of nitriles is 1. The van der Waals surface area contributed by atoms with Gasteiger partial charge in [-0.3, -0.25) is 4.79 Å². The summed E-state index contributed by atoms with van der Waals surface area (Å²) < 4.78 is 10.2. The molecule has 9 nitrogen and oxygen atoms in total. The maximum atomic E-state index is 13.8. The lowest BCUT2D eigenvalue weighted by Crippen LogP contribution is -2.38. The van der Waals surface area contributed by atoms with Crippen molar-refractivity contribution in [3.8, 4) is 34.6 Å². The molecule has 0 radical (unpaired) electrons. The van der Waals surface area contributed by atoms with Crippen LogP contribution in [-0.2, 0) is 20.2 Å². The summed E-state index contributed by atoms with van der Waals surface area (Å²) >= 11 is 0. The molecule has 9 heteroatoms. The predicted octanol–water partition coefficient (Wildman–Crippen LogP) is 5.91. The molecule has 2 aromatic carbocycles. The summed E-state index contributed by atoms with van der Waals surface area (Å²) in [5.74, 6) is 3.22. The minimum Gasteiger partial charge on any atom is -0.494 e. The van der Waals surface area contributed by atoms with Crippen LogP contribution in [0.5, 0.6) is 5.75 Å². The Morgan fingerprint density at radius 2 is 1.93 bits per heavy atom. The Hall–Kier alpha value is -4.68. The fraction of sp³-hybridized carbons (Fsp3) is 0.389. The third-order valence-corrected chi connectivity index (χ3v) is 10.4. The van der Waals surface area contributed by atoms with Gasteiger partial charge in [0.2, 0.25) is 0 Å². The zero-order valence-corrected chi connectivity index (χ0v) is 25.8. The molecular weight excluding hydrogens is 564 g/mol. The molecule has 2 unspecified atom stereocenters. The Labute approximate surface area is 261 Å². The topological polar surface area (TPSA) is 109 Å². The van der Waals surface area contributed by atoms with Gasteiger partial charge in [-0.25, -0.2) is 9.97 Å². The van der Waals surface area contributed by atoms with E-state index in [1.165, 1.54) is 19.3 Å². The number of ether oxygens (including phenoxy) is 1. The van der Waals surface area contributed by atoms with Crippen LogP contribution in [0.15, 0.2) is 48.5 Å². The Bertz CT molecular complexity index is 2050. The highest BCUT2D eigenvalue weighted by Crippen LogP contribution is 2.44. The number of hydrogen-bond donors (Lipinski definition) is 1. The van der Waals surface area contributed by atoms with E-state index >= 15 is 0 Å². The third kappa shape index (κ3) is 4.50. The number of imidazole rings is 1. The number of benzene rings is 2. The van der Waals surface area contributed by atoms with Crippen LogP contribution in [0.2, 0.25) is 0 Å². The Morgan fingerprint density at radius 3 is 2.62 bits per heavy atom. The number of piperidine rings is 1. The Morgan fingerprint density at radius 1 is 1.09 bits per heavy atom. The molecule has 8 rings (SSSR count). The second-order valence-corrected chi connectivity index (χ2v) is 13.1. The first-order valence-corrected chi connectivity index (χ1v) is 15.9. The van der Waals surface area contributed by atoms with Gasteiger partial charge in [-0.05, 0) is 97.5 Å². The molecule has 3 aromatic heterocycles. The summed E-state index contributed by atoms with van der Waals surface area (Å²) in [5.41, 5.74) is 6.73. The summed E-state index contributed by atoms with van der Waals surface area (Å²) in [5, 5.41) is 20.3. The molecule has 1 amide bonds. The number of nitrogens with zero attached hydrogens (tertiary/aromatic N) is 6. The van der Waals surface area contributed by atoms with Gasteiger partial charge in [-0.2, -0.15) is 5.26 Å². The summed E-state index contributed by atoms with van der Waals surface area (Å²) in [7, 11) is 3.65. The Balaban J connectivity index is 1.24. The smallest absolute Gasteiger partial charge is 0.254 e. The molecule has 228 valence electrons. The molecule has 2 saturated carbocycles. The SMILES string of the molecule is COc1cc(C(=O)N2CC3CCC2[C@@H]3C)cc2nc(-c3cc4ccc(-c5cc(C#N)cc(CO)c5)nc4n3CC3CC3)n(C)c12. The molecule has 5 aromatic rings. The van der Waals surface area contributed by atoms with E-state index in [9.17, 15) is 15.2 Å². The van der Waals surface area contributed by atoms with Gasteiger partial charge in [-0.1, -0.05) is 6.92 Å². The van der Waals surface area contributed by atoms with Gasteiger partial charge < -0.3 is 23.9 Å². The molecule has 2 bridgehead atoms. The number of amides is 1. The fourth-order valence-corrected chi connectivity index (χ4v) is 7.74. The number of aryl methyl sites for hydroxylation is 1. The predicted molar refractivity (Wildman–Crippen MR) is 172 cm³/mol. The van der Waals surface area contributed by atoms with E-state index in [4.69, 9.17) is 14.7 Å². The van der Waals surface area contributed by atoms with Crippen molar-refractivity contribution in [2.75, 3.05) is 13.7 Å². The van der Waals surface area contributed by atoms with Gasteiger partial charge in [0.25, 0.3) is 5.91 Å². The van der Waals surface area contributed by atoms with E-state index in [1.54, 1.807) is 13.2 Å². The average molecular weight is 601 g/mol. The number of likely N-dealkylation sites (tertiary alicyclic amines) is 1. The second kappa shape index (κ2) is 10.5. The van der Waals surface area contributed by atoms with Crippen molar-refractivity contribution in [1.29, 1.82) is 5.26 Å². The van der Waals surface area contributed by atoms with Crippen LogP contribution >= 0.6 is 0 Å². The monoisotopic (exact) mass is 600 g/mol. The van der Waals surface area contributed by atoms with Crippen molar-refractivity contribution in [2.24, 2.45) is 24.8 Å². The first-order valence-electron chi connectivity index (χ1n) is 15.9. The molecule has 0 spiro atoms. The lowest BCUT2D eigenvalue weighted by atomic mass is 10.0. The lowest BCUT2D eigenvalue weighted by Gasteiger charge is -2.27. The van der Waals surface area contributed by atoms with E-state index in [2.05, 4.69) is 39.2 Å². The number of rotatable bonds is 7. The summed E-state index contributed by atoms with van der Waals surface area (Å²) in [6, 6.07) is 17.9. The maximum Gasteiger partial charge on any atom is 0.254 e. The number of pyridine rings is 1. The van der Waals surface area contributed by atoms with E-state index < -0.39 is 0 Å². The minimum atomic E-state index is -0.144. The second-order valence-electron chi connectivity index (χ2n) is 13.1. The van der Waals surface area contributed by atoms with Gasteiger partial charge in [0.15, 0.2) is 5.82 Å².